The van der Waals surface area contributed by atoms with Gasteiger partial charge in [-0.3, -0.25) is 9.59 Å². The van der Waals surface area contributed by atoms with Gasteiger partial charge in [-0.15, -0.1) is 0 Å². The van der Waals surface area contributed by atoms with E-state index in [0.29, 0.717) is 25.8 Å². The molecule has 0 aliphatic rings. The number of carbonyl (C=O) groups excluding carboxylic acids is 3. The van der Waals surface area contributed by atoms with Crippen LogP contribution in [-0.2, 0) is 9.59 Å². The van der Waals surface area contributed by atoms with Gasteiger partial charge in [0.1, 0.15) is 0 Å². The molecule has 0 aromatic rings. The number of carbonyl (C=O) groups is 3. The lowest BCUT2D eigenvalue weighted by Crippen LogP contribution is -2.46. The van der Waals surface area contributed by atoms with Crippen molar-refractivity contribution in [1.82, 2.24) is 10.6 Å². The van der Waals surface area contributed by atoms with Gasteiger partial charge < -0.3 is 16.4 Å². The predicted molar refractivity (Wildman–Crippen MR) is 87.2 cm³/mol. The maximum atomic E-state index is 12.4. The van der Waals surface area contributed by atoms with E-state index in [1.54, 1.807) is 6.92 Å². The Hall–Kier alpha value is -1.59. The predicted octanol–water partition coefficient (Wildman–Crippen LogP) is 1.83. The van der Waals surface area contributed by atoms with Gasteiger partial charge in [0.2, 0.25) is 5.91 Å². The first-order chi connectivity index (χ1) is 10.2. The molecule has 1 atom stereocenters. The number of hydrogen-bond donors (Lipinski definition) is 3. The Morgan fingerprint density at radius 1 is 1.05 bits per heavy atom. The quantitative estimate of drug-likeness (QED) is 0.536. The van der Waals surface area contributed by atoms with Crippen molar-refractivity contribution in [2.75, 3.05) is 6.54 Å². The number of urea groups is 1. The highest BCUT2D eigenvalue weighted by Gasteiger charge is 2.28. The Kier molecular flexibility index (Phi) is 9.45. The molecule has 0 heterocycles. The van der Waals surface area contributed by atoms with Crippen LogP contribution in [-0.4, -0.2) is 30.3 Å². The normalized spacial score (nSPS) is 12.5. The van der Waals surface area contributed by atoms with Crippen LogP contribution >= 0.6 is 0 Å². The molecular formula is C16H31N3O3. The van der Waals surface area contributed by atoms with Crippen LogP contribution in [0.1, 0.15) is 53.9 Å². The third-order valence-corrected chi connectivity index (χ3v) is 3.76. The number of rotatable bonds is 10. The summed E-state index contributed by atoms with van der Waals surface area (Å²) in [6.07, 6.45) is 1.47. The van der Waals surface area contributed by atoms with Crippen LogP contribution in [0.5, 0.6) is 0 Å². The van der Waals surface area contributed by atoms with Gasteiger partial charge in [0.15, 0.2) is 5.78 Å². The summed E-state index contributed by atoms with van der Waals surface area (Å²) in [7, 11) is 0. The molecule has 6 heteroatoms. The van der Waals surface area contributed by atoms with Gasteiger partial charge in [0.05, 0.1) is 6.04 Å². The minimum Gasteiger partial charge on any atom is -0.352 e. The van der Waals surface area contributed by atoms with Crippen molar-refractivity contribution < 1.29 is 14.4 Å². The second-order valence-corrected chi connectivity index (χ2v) is 6.33. The van der Waals surface area contributed by atoms with Gasteiger partial charge in [-0.25, -0.2) is 4.79 Å². The van der Waals surface area contributed by atoms with Crippen molar-refractivity contribution in [2.45, 2.75) is 59.9 Å². The number of primary amides is 1. The third-order valence-electron chi connectivity index (χ3n) is 3.76. The Labute approximate surface area is 133 Å². The van der Waals surface area contributed by atoms with Crippen molar-refractivity contribution in [3.8, 4) is 0 Å². The zero-order valence-electron chi connectivity index (χ0n) is 14.4. The second kappa shape index (κ2) is 10.2. The van der Waals surface area contributed by atoms with Crippen molar-refractivity contribution in [2.24, 2.45) is 23.5 Å². The molecule has 1 unspecified atom stereocenters. The van der Waals surface area contributed by atoms with Crippen LogP contribution in [0, 0.1) is 17.8 Å². The second-order valence-electron chi connectivity index (χ2n) is 6.33. The molecule has 0 fully saturated rings. The van der Waals surface area contributed by atoms with Gasteiger partial charge in [0.25, 0.3) is 0 Å². The SMILES string of the molecule is CCC(=O)C(CCCNC(N)=O)NC(=O)C(C(C)C)C(C)C. The van der Waals surface area contributed by atoms with E-state index in [0.717, 1.165) is 0 Å². The highest BCUT2D eigenvalue weighted by molar-refractivity contribution is 5.89. The van der Waals surface area contributed by atoms with Crippen LogP contribution in [0.15, 0.2) is 0 Å². The molecule has 4 N–H and O–H groups in total. The lowest BCUT2D eigenvalue weighted by Gasteiger charge is -2.26. The van der Waals surface area contributed by atoms with E-state index in [2.05, 4.69) is 10.6 Å². The molecule has 0 aliphatic carbocycles. The number of nitrogens with two attached hydrogens (primary N) is 1. The maximum Gasteiger partial charge on any atom is 0.312 e. The highest BCUT2D eigenvalue weighted by Crippen LogP contribution is 2.21. The van der Waals surface area contributed by atoms with Crippen LogP contribution in [0.25, 0.3) is 0 Å². The molecule has 3 amide bonds. The van der Waals surface area contributed by atoms with Crippen molar-refractivity contribution in [3.63, 3.8) is 0 Å². The van der Waals surface area contributed by atoms with Gasteiger partial charge in [0, 0.05) is 18.9 Å². The van der Waals surface area contributed by atoms with E-state index in [-0.39, 0.29) is 29.4 Å². The molecule has 0 saturated carbocycles. The lowest BCUT2D eigenvalue weighted by atomic mass is 9.84. The molecule has 0 rings (SSSR count). The molecule has 128 valence electrons. The molecule has 0 aromatic heterocycles. The first-order valence-electron chi connectivity index (χ1n) is 8.07. The molecule has 0 saturated heterocycles. The summed E-state index contributed by atoms with van der Waals surface area (Å²) < 4.78 is 0. The zero-order chi connectivity index (χ0) is 17.3. The largest absolute Gasteiger partial charge is 0.352 e. The molecule has 22 heavy (non-hydrogen) atoms. The van der Waals surface area contributed by atoms with E-state index in [9.17, 15) is 14.4 Å². The van der Waals surface area contributed by atoms with Crippen LogP contribution in [0.4, 0.5) is 4.79 Å². The topological polar surface area (TPSA) is 101 Å². The molecule has 0 aromatic carbocycles. The van der Waals surface area contributed by atoms with Crippen molar-refractivity contribution in [3.05, 3.63) is 0 Å². The molecule has 0 spiro atoms. The highest BCUT2D eigenvalue weighted by atomic mass is 16.2. The fourth-order valence-electron chi connectivity index (χ4n) is 2.72. The lowest BCUT2D eigenvalue weighted by molar-refractivity contribution is -0.132. The molecule has 0 bridgehead atoms. The summed E-state index contributed by atoms with van der Waals surface area (Å²) in [5.74, 6) is 0.261. The molecule has 0 radical (unpaired) electrons. The van der Waals surface area contributed by atoms with E-state index >= 15 is 0 Å². The van der Waals surface area contributed by atoms with Crippen LogP contribution in [0.2, 0.25) is 0 Å². The standard InChI is InChI=1S/C16H31N3O3/c1-6-13(20)12(8-7-9-18-16(17)22)19-15(21)14(10(2)3)11(4)5/h10-12,14H,6-9H2,1-5H3,(H,19,21)(H3,17,18,22). The molecule has 6 nitrogen and oxygen atoms in total. The van der Waals surface area contributed by atoms with Gasteiger partial charge >= 0.3 is 6.03 Å². The summed E-state index contributed by atoms with van der Waals surface area (Å²) in [4.78, 5) is 35.1. The Balaban J connectivity index is 4.66. The number of nitrogens with one attached hydrogen (secondary N) is 2. The van der Waals surface area contributed by atoms with E-state index in [4.69, 9.17) is 5.73 Å². The summed E-state index contributed by atoms with van der Waals surface area (Å²) in [5, 5.41) is 5.37. The van der Waals surface area contributed by atoms with Gasteiger partial charge in [-0.1, -0.05) is 34.6 Å². The minimum absolute atomic E-state index is 0.0127. The number of amides is 3. The fourth-order valence-corrected chi connectivity index (χ4v) is 2.72. The maximum absolute atomic E-state index is 12.4. The Bertz CT molecular complexity index is 373. The zero-order valence-corrected chi connectivity index (χ0v) is 14.4. The number of hydrogen-bond acceptors (Lipinski definition) is 3. The average Bonchev–Trinajstić information content (AvgIpc) is 2.40. The fraction of sp³-hybridized carbons (Fsp3) is 0.812. The average molecular weight is 313 g/mol. The summed E-state index contributed by atoms with van der Waals surface area (Å²) >= 11 is 0. The summed E-state index contributed by atoms with van der Waals surface area (Å²) in [6, 6.07) is -1.07. The third kappa shape index (κ3) is 7.43. The van der Waals surface area contributed by atoms with E-state index in [1.807, 2.05) is 27.7 Å². The molecule has 0 aliphatic heterocycles. The summed E-state index contributed by atoms with van der Waals surface area (Å²) in [6.45, 7) is 10.2. The van der Waals surface area contributed by atoms with Gasteiger partial charge in [-0.2, -0.15) is 0 Å². The summed E-state index contributed by atoms with van der Waals surface area (Å²) in [5.41, 5.74) is 5.00. The minimum atomic E-state index is -0.581. The first kappa shape index (κ1) is 20.4. The van der Waals surface area contributed by atoms with Crippen LogP contribution < -0.4 is 16.4 Å². The number of ketones is 1. The Morgan fingerprint density at radius 2 is 1.59 bits per heavy atom. The van der Waals surface area contributed by atoms with Crippen LogP contribution in [0.3, 0.4) is 0 Å². The van der Waals surface area contributed by atoms with E-state index in [1.165, 1.54) is 0 Å². The number of Topliss-reactive ketones (excluding diaryl/α,β-unsaturated/α-hetero) is 1. The van der Waals surface area contributed by atoms with Gasteiger partial charge in [-0.05, 0) is 24.7 Å². The Morgan fingerprint density at radius 3 is 2.00 bits per heavy atom. The van der Waals surface area contributed by atoms with Crippen molar-refractivity contribution >= 4 is 17.7 Å². The van der Waals surface area contributed by atoms with E-state index < -0.39 is 12.1 Å². The molecular weight excluding hydrogens is 282 g/mol. The first-order valence-corrected chi connectivity index (χ1v) is 8.07. The smallest absolute Gasteiger partial charge is 0.312 e. The monoisotopic (exact) mass is 313 g/mol. The van der Waals surface area contributed by atoms with Crippen molar-refractivity contribution in [1.29, 1.82) is 0 Å².